The van der Waals surface area contributed by atoms with Gasteiger partial charge in [0, 0.05) is 13.1 Å². The van der Waals surface area contributed by atoms with Crippen molar-refractivity contribution >= 4 is 15.6 Å². The second-order valence-electron chi connectivity index (χ2n) is 8.79. The van der Waals surface area contributed by atoms with Gasteiger partial charge in [-0.1, -0.05) is 90.4 Å². The lowest BCUT2D eigenvalue weighted by Crippen LogP contribution is -2.28. The average Bonchev–Trinajstić information content (AvgIpc) is 2.72. The molecule has 0 saturated carbocycles. The Hall–Kier alpha value is 0.180. The fourth-order valence-corrected chi connectivity index (χ4v) is 4.54. The number of rotatable bonds is 25. The smallest absolute Gasteiger partial charge is 0.303 e. The first-order valence-electron chi connectivity index (χ1n) is 12.8. The summed E-state index contributed by atoms with van der Waals surface area (Å²) in [5, 5.41) is 0. The highest BCUT2D eigenvalue weighted by Crippen LogP contribution is 2.36. The SMILES string of the molecule is CCCCCCCCCCCCCCCCN(CCCOP(=O)(O)O)CCCOP(=O)(O)O. The molecule has 4 N–H and O–H groups in total. The largest absolute Gasteiger partial charge is 0.469 e. The minimum atomic E-state index is -4.45. The standard InChI is InChI=1S/C22H49NO8P2/c1-2-3-4-5-6-7-8-9-10-11-12-13-14-15-18-23(19-16-21-30-32(24,25)26)20-17-22-31-33(27,28)29/h2-22H2,1H3,(H2,24,25,26)(H2,27,28,29). The van der Waals surface area contributed by atoms with Gasteiger partial charge in [-0.3, -0.25) is 9.05 Å². The van der Waals surface area contributed by atoms with Crippen molar-refractivity contribution in [1.82, 2.24) is 4.90 Å². The molecule has 33 heavy (non-hydrogen) atoms. The van der Waals surface area contributed by atoms with E-state index in [2.05, 4.69) is 20.9 Å². The summed E-state index contributed by atoms with van der Waals surface area (Å²) in [4.78, 5) is 37.2. The molecule has 0 spiro atoms. The van der Waals surface area contributed by atoms with Gasteiger partial charge in [0.1, 0.15) is 0 Å². The van der Waals surface area contributed by atoms with Gasteiger partial charge in [-0.05, 0) is 25.8 Å². The molecule has 0 aromatic rings. The van der Waals surface area contributed by atoms with Gasteiger partial charge >= 0.3 is 15.6 Å². The Balaban J connectivity index is 3.81. The summed E-state index contributed by atoms with van der Waals surface area (Å²) < 4.78 is 30.5. The van der Waals surface area contributed by atoms with E-state index in [0.29, 0.717) is 25.9 Å². The Morgan fingerprint density at radius 3 is 1.15 bits per heavy atom. The summed E-state index contributed by atoms with van der Waals surface area (Å²) >= 11 is 0. The monoisotopic (exact) mass is 517 g/mol. The molecule has 0 aliphatic heterocycles. The Morgan fingerprint density at radius 2 is 0.818 bits per heavy atom. The van der Waals surface area contributed by atoms with E-state index >= 15 is 0 Å². The predicted octanol–water partition coefficient (Wildman–Crippen LogP) is 5.77. The van der Waals surface area contributed by atoms with Crippen LogP contribution in [-0.2, 0) is 18.2 Å². The zero-order valence-corrected chi connectivity index (χ0v) is 22.4. The van der Waals surface area contributed by atoms with Crippen molar-refractivity contribution in [1.29, 1.82) is 0 Å². The van der Waals surface area contributed by atoms with Crippen molar-refractivity contribution in [3.63, 3.8) is 0 Å². The number of hydrogen-bond donors (Lipinski definition) is 4. The number of unbranched alkanes of at least 4 members (excludes halogenated alkanes) is 13. The predicted molar refractivity (Wildman–Crippen MR) is 132 cm³/mol. The number of phosphoric ester groups is 2. The van der Waals surface area contributed by atoms with Crippen LogP contribution in [0.25, 0.3) is 0 Å². The molecule has 0 atom stereocenters. The first-order valence-corrected chi connectivity index (χ1v) is 15.8. The van der Waals surface area contributed by atoms with E-state index in [1.54, 1.807) is 0 Å². The molecule has 0 fully saturated rings. The third kappa shape index (κ3) is 28.3. The van der Waals surface area contributed by atoms with E-state index in [-0.39, 0.29) is 13.2 Å². The summed E-state index contributed by atoms with van der Waals surface area (Å²) in [7, 11) is -8.90. The summed E-state index contributed by atoms with van der Waals surface area (Å²) in [6.07, 6.45) is 19.1. The van der Waals surface area contributed by atoms with E-state index in [9.17, 15) is 9.13 Å². The van der Waals surface area contributed by atoms with Crippen molar-refractivity contribution in [2.75, 3.05) is 32.8 Å². The molecule has 11 heteroatoms. The maximum absolute atomic E-state index is 10.8. The van der Waals surface area contributed by atoms with Crippen molar-refractivity contribution in [2.45, 2.75) is 110 Å². The van der Waals surface area contributed by atoms with Crippen LogP contribution in [0, 0.1) is 0 Å². The zero-order valence-electron chi connectivity index (χ0n) is 20.6. The van der Waals surface area contributed by atoms with Gasteiger partial charge in [-0.2, -0.15) is 0 Å². The molecule has 0 heterocycles. The first kappa shape index (κ1) is 33.2. The molecule has 0 radical (unpaired) electrons. The lowest BCUT2D eigenvalue weighted by molar-refractivity contribution is 0.165. The van der Waals surface area contributed by atoms with Crippen LogP contribution >= 0.6 is 15.6 Å². The van der Waals surface area contributed by atoms with E-state index in [4.69, 9.17) is 19.6 Å². The highest BCUT2D eigenvalue weighted by Gasteiger charge is 2.15. The number of hydrogen-bond acceptors (Lipinski definition) is 5. The molecule has 0 amide bonds. The van der Waals surface area contributed by atoms with E-state index in [0.717, 1.165) is 19.4 Å². The molecule has 0 saturated heterocycles. The normalized spacial score (nSPS) is 12.7. The Labute approximate surface area is 201 Å². The number of phosphoric acid groups is 2. The quantitative estimate of drug-likeness (QED) is 0.0878. The second-order valence-corrected chi connectivity index (χ2v) is 11.3. The second kappa shape index (κ2) is 21.5. The molecule has 0 bridgehead atoms. The van der Waals surface area contributed by atoms with Gasteiger partial charge in [-0.15, -0.1) is 0 Å². The van der Waals surface area contributed by atoms with Crippen LogP contribution in [0.1, 0.15) is 110 Å². The zero-order chi connectivity index (χ0) is 24.8. The highest BCUT2D eigenvalue weighted by molar-refractivity contribution is 7.46. The maximum atomic E-state index is 10.8. The van der Waals surface area contributed by atoms with Crippen molar-refractivity contribution in [3.8, 4) is 0 Å². The summed E-state index contributed by atoms with van der Waals surface area (Å²) in [5.41, 5.74) is 0. The summed E-state index contributed by atoms with van der Waals surface area (Å²) in [6, 6.07) is 0. The van der Waals surface area contributed by atoms with Gasteiger partial charge in [0.25, 0.3) is 0 Å². The van der Waals surface area contributed by atoms with Crippen LogP contribution in [-0.4, -0.2) is 57.3 Å². The Kier molecular flexibility index (Phi) is 21.6. The molecule has 0 aromatic carbocycles. The fourth-order valence-electron chi connectivity index (χ4n) is 3.81. The third-order valence-electron chi connectivity index (χ3n) is 5.58. The minimum Gasteiger partial charge on any atom is -0.303 e. The molecule has 0 aromatic heterocycles. The Morgan fingerprint density at radius 1 is 0.515 bits per heavy atom. The maximum Gasteiger partial charge on any atom is 0.469 e. The first-order chi connectivity index (χ1) is 15.6. The molecule has 0 rings (SSSR count). The molecular weight excluding hydrogens is 468 g/mol. The summed E-state index contributed by atoms with van der Waals surface area (Å²) in [6.45, 7) is 4.24. The fraction of sp³-hybridized carbons (Fsp3) is 1.00. The number of nitrogens with zero attached hydrogens (tertiary/aromatic N) is 1. The average molecular weight is 518 g/mol. The molecule has 200 valence electrons. The van der Waals surface area contributed by atoms with Crippen molar-refractivity contribution in [3.05, 3.63) is 0 Å². The van der Waals surface area contributed by atoms with Crippen molar-refractivity contribution in [2.24, 2.45) is 0 Å². The third-order valence-corrected chi connectivity index (χ3v) is 6.62. The van der Waals surface area contributed by atoms with Crippen LogP contribution in [0.4, 0.5) is 0 Å². The van der Waals surface area contributed by atoms with Crippen LogP contribution in [0.3, 0.4) is 0 Å². The van der Waals surface area contributed by atoms with E-state index < -0.39 is 15.6 Å². The Bertz CT molecular complexity index is 497. The molecule has 0 aliphatic carbocycles. The van der Waals surface area contributed by atoms with Gasteiger partial charge < -0.3 is 24.5 Å². The van der Waals surface area contributed by atoms with Crippen LogP contribution in [0.15, 0.2) is 0 Å². The molecular formula is C22H49NO8P2. The van der Waals surface area contributed by atoms with Gasteiger partial charge in [0.15, 0.2) is 0 Å². The topological polar surface area (TPSA) is 137 Å². The lowest BCUT2D eigenvalue weighted by atomic mass is 10.0. The minimum absolute atomic E-state index is 0.0293. The summed E-state index contributed by atoms with van der Waals surface area (Å²) in [5.74, 6) is 0. The lowest BCUT2D eigenvalue weighted by Gasteiger charge is -2.22. The van der Waals surface area contributed by atoms with E-state index in [1.807, 2.05) is 0 Å². The molecule has 9 nitrogen and oxygen atoms in total. The molecule has 0 aliphatic rings. The van der Waals surface area contributed by atoms with Crippen LogP contribution in [0.5, 0.6) is 0 Å². The van der Waals surface area contributed by atoms with Gasteiger partial charge in [-0.25, -0.2) is 9.13 Å². The van der Waals surface area contributed by atoms with Gasteiger partial charge in [0.05, 0.1) is 13.2 Å². The van der Waals surface area contributed by atoms with Crippen molar-refractivity contribution < 1.29 is 37.8 Å². The molecule has 0 unspecified atom stereocenters. The van der Waals surface area contributed by atoms with E-state index in [1.165, 1.54) is 77.0 Å². The highest BCUT2D eigenvalue weighted by atomic mass is 31.2. The van der Waals surface area contributed by atoms with Crippen LogP contribution in [0.2, 0.25) is 0 Å². The van der Waals surface area contributed by atoms with Crippen LogP contribution < -0.4 is 0 Å². The van der Waals surface area contributed by atoms with Gasteiger partial charge in [0.2, 0.25) is 0 Å².